The summed E-state index contributed by atoms with van der Waals surface area (Å²) in [6.45, 7) is 21.8. The zero-order chi connectivity index (χ0) is 18.5. The Labute approximate surface area is 151 Å². The third-order valence-corrected chi connectivity index (χ3v) is 10.4. The van der Waals surface area contributed by atoms with Crippen molar-refractivity contribution in [3.63, 3.8) is 0 Å². The summed E-state index contributed by atoms with van der Waals surface area (Å²) in [5.41, 5.74) is 6.06. The second-order valence-electron chi connectivity index (χ2n) is 8.63. The fourth-order valence-electron chi connectivity index (χ4n) is 3.22. The number of rotatable bonds is 6. The van der Waals surface area contributed by atoms with E-state index >= 15 is 0 Å². The van der Waals surface area contributed by atoms with Crippen molar-refractivity contribution in [1.29, 1.82) is 0 Å². The Hall–Kier alpha value is -1.00. The number of hydrogen-bond acceptors (Lipinski definition) is 1. The third-order valence-electron chi connectivity index (χ3n) is 5.95. The quantitative estimate of drug-likeness (QED) is 0.231. The van der Waals surface area contributed by atoms with E-state index < -0.39 is 8.32 Å². The van der Waals surface area contributed by atoms with Gasteiger partial charge in [-0.2, -0.15) is 0 Å². The first-order valence-electron chi connectivity index (χ1n) is 9.17. The van der Waals surface area contributed by atoms with Crippen molar-refractivity contribution in [2.24, 2.45) is 11.8 Å². The van der Waals surface area contributed by atoms with Gasteiger partial charge in [0.05, 0.1) is 6.10 Å². The minimum atomic E-state index is -1.83. The average molecular weight is 345 g/mol. The van der Waals surface area contributed by atoms with Crippen molar-refractivity contribution < 1.29 is 4.43 Å². The van der Waals surface area contributed by atoms with E-state index in [9.17, 15) is 0 Å². The minimum Gasteiger partial charge on any atom is -0.410 e. The maximum absolute atomic E-state index is 6.73. The molecule has 0 fully saturated rings. The fraction of sp³-hybridized carbons (Fsp3) is 0.682. The van der Waals surface area contributed by atoms with Crippen LogP contribution in [0.3, 0.4) is 0 Å². The van der Waals surface area contributed by atoms with E-state index in [1.807, 2.05) is 13.0 Å². The van der Waals surface area contributed by atoms with Gasteiger partial charge in [0.1, 0.15) is 0 Å². The van der Waals surface area contributed by atoms with Gasteiger partial charge < -0.3 is 4.43 Å². The summed E-state index contributed by atoms with van der Waals surface area (Å²) in [6, 6.07) is 0. The molecular weight excluding hydrogens is 308 g/mol. The standard InChI is InChI=1S/C22H36OSi/c1-10-12-14-19-17(3)15-16-20(19)18(4)21(13-11-2)23-24(8,9)22(5,6)7/h13,18,20-21H,2,14-16H2,1,3-9H3. The van der Waals surface area contributed by atoms with Crippen LogP contribution in [-0.2, 0) is 4.43 Å². The van der Waals surface area contributed by atoms with Crippen LogP contribution >= 0.6 is 0 Å². The molecule has 0 spiro atoms. The van der Waals surface area contributed by atoms with Crippen LogP contribution in [0.5, 0.6) is 0 Å². The summed E-state index contributed by atoms with van der Waals surface area (Å²) >= 11 is 0. The fourth-order valence-corrected chi connectivity index (χ4v) is 4.54. The molecule has 0 heterocycles. The molecule has 0 aliphatic heterocycles. The predicted molar refractivity (Wildman–Crippen MR) is 108 cm³/mol. The van der Waals surface area contributed by atoms with E-state index in [4.69, 9.17) is 4.43 Å². The predicted octanol–water partition coefficient (Wildman–Crippen LogP) is 6.49. The molecule has 24 heavy (non-hydrogen) atoms. The van der Waals surface area contributed by atoms with Gasteiger partial charge in [0.2, 0.25) is 0 Å². The van der Waals surface area contributed by atoms with Gasteiger partial charge in [0.15, 0.2) is 8.32 Å². The number of allylic oxidation sites excluding steroid dienone is 2. The largest absolute Gasteiger partial charge is 0.410 e. The van der Waals surface area contributed by atoms with Gasteiger partial charge in [0.25, 0.3) is 0 Å². The lowest BCUT2D eigenvalue weighted by Crippen LogP contribution is -2.45. The molecule has 0 aromatic heterocycles. The monoisotopic (exact) mass is 344 g/mol. The normalized spacial score (nSPS) is 20.9. The van der Waals surface area contributed by atoms with Gasteiger partial charge in [-0.15, -0.1) is 11.7 Å². The van der Waals surface area contributed by atoms with E-state index in [0.29, 0.717) is 11.8 Å². The van der Waals surface area contributed by atoms with Gasteiger partial charge in [-0.05, 0) is 62.7 Å². The molecule has 1 rings (SSSR count). The SMILES string of the molecule is C=C=CC(O[Si](C)(C)C(C)(C)C)C(C)C1CCC(C)=C1CC#CC. The molecule has 0 bridgehead atoms. The molecule has 1 aliphatic carbocycles. The Morgan fingerprint density at radius 2 is 2.00 bits per heavy atom. The van der Waals surface area contributed by atoms with Crippen LogP contribution in [0.2, 0.25) is 18.1 Å². The van der Waals surface area contributed by atoms with Gasteiger partial charge >= 0.3 is 0 Å². The van der Waals surface area contributed by atoms with E-state index in [1.54, 1.807) is 0 Å². The first kappa shape index (κ1) is 21.0. The summed E-state index contributed by atoms with van der Waals surface area (Å²) < 4.78 is 6.73. The van der Waals surface area contributed by atoms with Crippen LogP contribution in [0, 0.1) is 23.7 Å². The highest BCUT2D eigenvalue weighted by molar-refractivity contribution is 6.74. The molecule has 0 saturated carbocycles. The first-order chi connectivity index (χ1) is 11.0. The molecule has 1 nitrogen and oxygen atoms in total. The van der Waals surface area contributed by atoms with Crippen LogP contribution in [-0.4, -0.2) is 14.4 Å². The zero-order valence-electron chi connectivity index (χ0n) is 17.0. The van der Waals surface area contributed by atoms with E-state index in [2.05, 4.69) is 71.9 Å². The second-order valence-corrected chi connectivity index (χ2v) is 13.4. The molecule has 0 amide bonds. The molecular formula is C22H36OSi. The lowest BCUT2D eigenvalue weighted by Gasteiger charge is -2.41. The Balaban J connectivity index is 3.04. The lowest BCUT2D eigenvalue weighted by molar-refractivity contribution is 0.140. The molecule has 3 unspecified atom stereocenters. The average Bonchev–Trinajstić information content (AvgIpc) is 2.83. The van der Waals surface area contributed by atoms with Crippen molar-refractivity contribution in [3.8, 4) is 11.8 Å². The summed E-state index contributed by atoms with van der Waals surface area (Å²) in [5, 5.41) is 0.206. The van der Waals surface area contributed by atoms with E-state index in [0.717, 1.165) is 6.42 Å². The van der Waals surface area contributed by atoms with E-state index in [-0.39, 0.29) is 11.1 Å². The smallest absolute Gasteiger partial charge is 0.192 e. The zero-order valence-corrected chi connectivity index (χ0v) is 18.0. The van der Waals surface area contributed by atoms with Crippen molar-refractivity contribution in [2.45, 2.75) is 85.0 Å². The lowest BCUT2D eigenvalue weighted by atomic mass is 9.83. The minimum absolute atomic E-state index is 0.0869. The molecule has 0 aromatic carbocycles. The molecule has 0 aromatic rings. The first-order valence-corrected chi connectivity index (χ1v) is 12.1. The van der Waals surface area contributed by atoms with Gasteiger partial charge in [-0.1, -0.05) is 51.3 Å². The van der Waals surface area contributed by atoms with Gasteiger partial charge in [0, 0.05) is 6.42 Å². The van der Waals surface area contributed by atoms with Crippen LogP contribution in [0.1, 0.15) is 60.8 Å². The molecule has 0 radical (unpaired) electrons. The maximum Gasteiger partial charge on any atom is 0.192 e. The molecule has 3 atom stereocenters. The van der Waals surface area contributed by atoms with Crippen LogP contribution in [0.25, 0.3) is 0 Å². The highest BCUT2D eigenvalue weighted by Crippen LogP contribution is 2.43. The molecule has 134 valence electrons. The Morgan fingerprint density at radius 1 is 1.38 bits per heavy atom. The van der Waals surface area contributed by atoms with Crippen molar-refractivity contribution >= 4 is 8.32 Å². The van der Waals surface area contributed by atoms with Crippen LogP contribution < -0.4 is 0 Å². The van der Waals surface area contributed by atoms with Gasteiger partial charge in [-0.25, -0.2) is 0 Å². The van der Waals surface area contributed by atoms with Crippen molar-refractivity contribution in [2.75, 3.05) is 0 Å². The highest BCUT2D eigenvalue weighted by atomic mass is 28.4. The second kappa shape index (κ2) is 8.39. The summed E-state index contributed by atoms with van der Waals surface area (Å²) in [7, 11) is -1.83. The van der Waals surface area contributed by atoms with Crippen molar-refractivity contribution in [3.05, 3.63) is 29.5 Å². The molecule has 0 N–H and O–H groups in total. The summed E-state index contributed by atoms with van der Waals surface area (Å²) in [4.78, 5) is 0. The Kier molecular flexibility index (Phi) is 7.36. The van der Waals surface area contributed by atoms with Crippen LogP contribution in [0.4, 0.5) is 0 Å². The Bertz CT molecular complexity index is 573. The molecule has 1 aliphatic rings. The number of hydrogen-bond donors (Lipinski definition) is 0. The topological polar surface area (TPSA) is 9.23 Å². The Morgan fingerprint density at radius 3 is 2.50 bits per heavy atom. The van der Waals surface area contributed by atoms with Crippen molar-refractivity contribution in [1.82, 2.24) is 0 Å². The highest BCUT2D eigenvalue weighted by Gasteiger charge is 2.41. The van der Waals surface area contributed by atoms with Crippen LogP contribution in [0.15, 0.2) is 29.5 Å². The molecule has 2 heteroatoms. The van der Waals surface area contributed by atoms with Gasteiger partial charge in [-0.3, -0.25) is 0 Å². The summed E-state index contributed by atoms with van der Waals surface area (Å²) in [6.07, 6.45) is 5.45. The third kappa shape index (κ3) is 5.00. The maximum atomic E-state index is 6.73. The van der Waals surface area contributed by atoms with E-state index in [1.165, 1.54) is 24.0 Å². The molecule has 0 saturated heterocycles. The summed E-state index contributed by atoms with van der Waals surface area (Å²) in [5.74, 6) is 7.31.